The highest BCUT2D eigenvalue weighted by Crippen LogP contribution is 2.38. The van der Waals surface area contributed by atoms with E-state index in [9.17, 15) is 14.6 Å². The van der Waals surface area contributed by atoms with Crippen molar-refractivity contribution in [3.05, 3.63) is 28.0 Å². The summed E-state index contributed by atoms with van der Waals surface area (Å²) in [6.45, 7) is 3.35. The third kappa shape index (κ3) is 3.31. The summed E-state index contributed by atoms with van der Waals surface area (Å²) in [6, 6.07) is 2.39. The molecule has 1 rings (SSSR count). The lowest BCUT2D eigenvalue weighted by Gasteiger charge is -2.30. The first-order valence-electron chi connectivity index (χ1n) is 4.84. The van der Waals surface area contributed by atoms with Crippen molar-refractivity contribution in [3.63, 3.8) is 0 Å². The summed E-state index contributed by atoms with van der Waals surface area (Å²) in [7, 11) is 0. The fraction of sp³-hybridized carbons (Fsp3) is 0.455. The number of benzene rings is 1. The molecular formula is C11H16BrClFNO2. The van der Waals surface area contributed by atoms with E-state index >= 15 is 0 Å². The van der Waals surface area contributed by atoms with E-state index in [2.05, 4.69) is 15.9 Å². The van der Waals surface area contributed by atoms with E-state index in [-0.39, 0.29) is 23.5 Å². The van der Waals surface area contributed by atoms with Crippen molar-refractivity contribution in [2.24, 2.45) is 11.1 Å². The van der Waals surface area contributed by atoms with Crippen LogP contribution in [-0.2, 0) is 0 Å². The van der Waals surface area contributed by atoms with Gasteiger partial charge >= 0.3 is 0 Å². The van der Waals surface area contributed by atoms with Gasteiger partial charge in [-0.1, -0.05) is 19.9 Å². The molecule has 0 unspecified atom stereocenters. The molecule has 0 spiro atoms. The van der Waals surface area contributed by atoms with Crippen LogP contribution in [0.5, 0.6) is 5.75 Å². The predicted molar refractivity (Wildman–Crippen MR) is 70.8 cm³/mol. The molecule has 0 amide bonds. The number of aromatic hydroxyl groups is 1. The van der Waals surface area contributed by atoms with Gasteiger partial charge in [0.15, 0.2) is 11.6 Å². The lowest BCUT2D eigenvalue weighted by molar-refractivity contribution is 0.131. The molecule has 0 aliphatic carbocycles. The number of hydrogen-bond donors (Lipinski definition) is 3. The highest BCUT2D eigenvalue weighted by molar-refractivity contribution is 9.10. The van der Waals surface area contributed by atoms with Crippen LogP contribution in [0.3, 0.4) is 0 Å². The topological polar surface area (TPSA) is 66.5 Å². The summed E-state index contributed by atoms with van der Waals surface area (Å²) in [5.74, 6) is -1.20. The molecule has 0 aliphatic rings. The van der Waals surface area contributed by atoms with Crippen molar-refractivity contribution in [3.8, 4) is 5.75 Å². The van der Waals surface area contributed by atoms with Crippen LogP contribution in [0.4, 0.5) is 4.39 Å². The number of aliphatic hydroxyl groups is 1. The van der Waals surface area contributed by atoms with Gasteiger partial charge in [0.1, 0.15) is 0 Å². The summed E-state index contributed by atoms with van der Waals surface area (Å²) in [6.07, 6.45) is 0. The summed E-state index contributed by atoms with van der Waals surface area (Å²) in [5, 5.41) is 18.8. The first-order valence-corrected chi connectivity index (χ1v) is 5.64. The molecule has 1 aromatic rings. The largest absolute Gasteiger partial charge is 0.505 e. The number of aliphatic hydroxyl groups excluding tert-OH is 1. The van der Waals surface area contributed by atoms with Crippen LogP contribution in [0, 0.1) is 11.2 Å². The van der Waals surface area contributed by atoms with Crippen LogP contribution >= 0.6 is 28.3 Å². The fourth-order valence-electron chi connectivity index (χ4n) is 1.33. The van der Waals surface area contributed by atoms with E-state index < -0.39 is 23.0 Å². The van der Waals surface area contributed by atoms with Gasteiger partial charge in [-0.05, 0) is 22.0 Å². The van der Waals surface area contributed by atoms with Gasteiger partial charge in [0, 0.05) is 23.6 Å². The Balaban J connectivity index is 0.00000256. The lowest BCUT2D eigenvalue weighted by Crippen LogP contribution is -2.32. The van der Waals surface area contributed by atoms with E-state index in [4.69, 9.17) is 5.73 Å². The molecule has 1 atom stereocenters. The quantitative estimate of drug-likeness (QED) is 0.799. The predicted octanol–water partition coefficient (Wildman–Crippen LogP) is 2.73. The molecule has 0 radical (unpaired) electrons. The number of nitrogens with two attached hydrogens (primary N) is 1. The number of hydrogen-bond acceptors (Lipinski definition) is 3. The van der Waals surface area contributed by atoms with Crippen molar-refractivity contribution in [1.82, 2.24) is 0 Å². The Morgan fingerprint density at radius 3 is 2.47 bits per heavy atom. The second-order valence-corrected chi connectivity index (χ2v) is 5.28. The average molecular weight is 329 g/mol. The Bertz CT molecular complexity index is 401. The van der Waals surface area contributed by atoms with E-state index in [1.807, 2.05) is 0 Å². The van der Waals surface area contributed by atoms with E-state index in [1.54, 1.807) is 19.9 Å². The summed E-state index contributed by atoms with van der Waals surface area (Å²) in [5.41, 5.74) is 5.57. The van der Waals surface area contributed by atoms with Crippen LogP contribution in [0.25, 0.3) is 0 Å². The molecule has 0 bridgehead atoms. The molecule has 0 aliphatic heterocycles. The van der Waals surface area contributed by atoms with Gasteiger partial charge in [-0.25, -0.2) is 4.39 Å². The third-order valence-corrected chi connectivity index (χ3v) is 3.30. The molecule has 1 aromatic carbocycles. The van der Waals surface area contributed by atoms with Crippen LogP contribution < -0.4 is 5.73 Å². The molecule has 0 saturated carbocycles. The Hall–Kier alpha value is -0.360. The molecule has 4 N–H and O–H groups in total. The first kappa shape index (κ1) is 16.6. The maximum atomic E-state index is 13.4. The van der Waals surface area contributed by atoms with Gasteiger partial charge < -0.3 is 15.9 Å². The zero-order valence-corrected chi connectivity index (χ0v) is 12.0. The summed E-state index contributed by atoms with van der Waals surface area (Å²) < 4.78 is 13.6. The molecule has 0 fully saturated rings. The highest BCUT2D eigenvalue weighted by Gasteiger charge is 2.30. The van der Waals surface area contributed by atoms with Gasteiger partial charge in [-0.15, -0.1) is 12.4 Å². The molecule has 98 valence electrons. The van der Waals surface area contributed by atoms with Crippen molar-refractivity contribution in [2.75, 3.05) is 6.61 Å². The van der Waals surface area contributed by atoms with Gasteiger partial charge in [0.2, 0.25) is 0 Å². The first-order chi connectivity index (χ1) is 7.31. The van der Waals surface area contributed by atoms with Crippen molar-refractivity contribution in [2.45, 2.75) is 19.9 Å². The third-order valence-electron chi connectivity index (χ3n) is 2.68. The Morgan fingerprint density at radius 1 is 1.47 bits per heavy atom. The second kappa shape index (κ2) is 6.00. The SMILES string of the molecule is CC(C)(CO)[C@H](N)c1ccc(Br)c(F)c1O.Cl. The standard InChI is InChI=1S/C11H15BrFNO2.ClH/c1-11(2,5-15)10(14)6-3-4-7(12)8(13)9(6)16;/h3-4,10,15-16H,5,14H2,1-2H3;1H/t10-;/m1./s1. The zero-order valence-electron chi connectivity index (χ0n) is 9.58. The Morgan fingerprint density at radius 2 is 2.00 bits per heavy atom. The molecule has 3 nitrogen and oxygen atoms in total. The molecule has 0 aromatic heterocycles. The maximum absolute atomic E-state index is 13.4. The number of phenols is 1. The average Bonchev–Trinajstić information content (AvgIpc) is 2.25. The molecule has 6 heteroatoms. The highest BCUT2D eigenvalue weighted by atomic mass is 79.9. The Kier molecular flexibility index (Phi) is 5.87. The van der Waals surface area contributed by atoms with Gasteiger partial charge in [-0.3, -0.25) is 0 Å². The smallest absolute Gasteiger partial charge is 0.179 e. The van der Waals surface area contributed by atoms with Crippen molar-refractivity contribution < 1.29 is 14.6 Å². The lowest BCUT2D eigenvalue weighted by atomic mass is 9.81. The minimum absolute atomic E-state index is 0. The monoisotopic (exact) mass is 327 g/mol. The van der Waals surface area contributed by atoms with E-state index in [0.717, 1.165) is 0 Å². The van der Waals surface area contributed by atoms with Crippen molar-refractivity contribution in [1.29, 1.82) is 0 Å². The molecule has 0 saturated heterocycles. The van der Waals surface area contributed by atoms with E-state index in [1.165, 1.54) is 6.07 Å². The zero-order chi connectivity index (χ0) is 12.5. The molecule has 17 heavy (non-hydrogen) atoms. The normalized spacial score (nSPS) is 13.1. The number of rotatable bonds is 3. The molecular weight excluding hydrogens is 312 g/mol. The van der Waals surface area contributed by atoms with Gasteiger partial charge in [0.05, 0.1) is 4.47 Å². The number of phenolic OH excluding ortho intramolecular Hbond substituents is 1. The summed E-state index contributed by atoms with van der Waals surface area (Å²) in [4.78, 5) is 0. The van der Waals surface area contributed by atoms with E-state index in [0.29, 0.717) is 5.56 Å². The van der Waals surface area contributed by atoms with Crippen LogP contribution in [-0.4, -0.2) is 16.8 Å². The summed E-state index contributed by atoms with van der Waals surface area (Å²) >= 11 is 2.97. The number of halogens is 3. The molecule has 0 heterocycles. The second-order valence-electron chi connectivity index (χ2n) is 4.42. The van der Waals surface area contributed by atoms with Crippen LogP contribution in [0.2, 0.25) is 0 Å². The van der Waals surface area contributed by atoms with Gasteiger partial charge in [-0.2, -0.15) is 0 Å². The minimum atomic E-state index is -0.735. The van der Waals surface area contributed by atoms with Gasteiger partial charge in [0.25, 0.3) is 0 Å². The fourth-order valence-corrected chi connectivity index (χ4v) is 1.65. The maximum Gasteiger partial charge on any atom is 0.179 e. The van der Waals surface area contributed by atoms with Crippen molar-refractivity contribution >= 4 is 28.3 Å². The van der Waals surface area contributed by atoms with Crippen LogP contribution in [0.1, 0.15) is 25.5 Å². The Labute approximate surface area is 114 Å². The minimum Gasteiger partial charge on any atom is -0.505 e. The van der Waals surface area contributed by atoms with Crippen LogP contribution in [0.15, 0.2) is 16.6 Å².